The molecule has 0 spiro atoms. The second-order valence-electron chi connectivity index (χ2n) is 4.92. The molecule has 0 aliphatic carbocycles. The number of imidazole rings is 1. The quantitative estimate of drug-likeness (QED) is 0.235. The highest BCUT2D eigenvalue weighted by Crippen LogP contribution is 2.20. The van der Waals surface area contributed by atoms with Gasteiger partial charge in [-0.1, -0.05) is 29.4 Å². The maximum absolute atomic E-state index is 10.7. The van der Waals surface area contributed by atoms with Crippen molar-refractivity contribution in [3.05, 3.63) is 80.5 Å². The standard InChI is InChI=1S/C15H12N6O2/c16-19-17-9-15-18-13-3-1-2-4-14(13)20(15)10-11-5-7-12(8-6-11)21(22)23/h1-8H,9-10H2. The van der Waals surface area contributed by atoms with Crippen molar-refractivity contribution in [3.63, 3.8) is 0 Å². The molecule has 0 aliphatic heterocycles. The van der Waals surface area contributed by atoms with Crippen molar-refractivity contribution in [1.82, 2.24) is 9.55 Å². The van der Waals surface area contributed by atoms with E-state index >= 15 is 0 Å². The molecule has 0 saturated carbocycles. The second-order valence-corrected chi connectivity index (χ2v) is 4.92. The third-order valence-electron chi connectivity index (χ3n) is 3.50. The van der Waals surface area contributed by atoms with Gasteiger partial charge in [-0.2, -0.15) is 0 Å². The van der Waals surface area contributed by atoms with Gasteiger partial charge < -0.3 is 4.57 Å². The number of hydrogen-bond donors (Lipinski definition) is 0. The smallest absolute Gasteiger partial charge is 0.269 e. The Balaban J connectivity index is 2.00. The fourth-order valence-electron chi connectivity index (χ4n) is 2.42. The molecule has 0 atom stereocenters. The van der Waals surface area contributed by atoms with Gasteiger partial charge in [-0.05, 0) is 23.2 Å². The second kappa shape index (κ2) is 6.17. The van der Waals surface area contributed by atoms with Crippen molar-refractivity contribution in [3.8, 4) is 0 Å². The van der Waals surface area contributed by atoms with Gasteiger partial charge in [0.05, 0.1) is 22.5 Å². The van der Waals surface area contributed by atoms with Crippen LogP contribution in [0, 0.1) is 10.1 Å². The average Bonchev–Trinajstić information content (AvgIpc) is 2.91. The van der Waals surface area contributed by atoms with Crippen LogP contribution in [-0.4, -0.2) is 14.5 Å². The molecule has 0 saturated heterocycles. The number of fused-ring (bicyclic) bond motifs is 1. The van der Waals surface area contributed by atoms with E-state index in [0.29, 0.717) is 12.4 Å². The summed E-state index contributed by atoms with van der Waals surface area (Å²) in [5.74, 6) is 0.655. The molecule has 0 aliphatic rings. The molecule has 114 valence electrons. The molecule has 0 N–H and O–H groups in total. The van der Waals surface area contributed by atoms with Crippen molar-refractivity contribution >= 4 is 16.7 Å². The molecular weight excluding hydrogens is 296 g/mol. The monoisotopic (exact) mass is 308 g/mol. The van der Waals surface area contributed by atoms with Crippen LogP contribution in [0.1, 0.15) is 11.4 Å². The molecule has 0 bridgehead atoms. The van der Waals surface area contributed by atoms with E-state index in [4.69, 9.17) is 5.53 Å². The van der Waals surface area contributed by atoms with Crippen molar-refractivity contribution in [2.45, 2.75) is 13.1 Å². The Morgan fingerprint density at radius 2 is 1.96 bits per heavy atom. The number of nitro groups is 1. The van der Waals surface area contributed by atoms with Crippen LogP contribution in [0.25, 0.3) is 21.5 Å². The summed E-state index contributed by atoms with van der Waals surface area (Å²) < 4.78 is 1.95. The lowest BCUT2D eigenvalue weighted by molar-refractivity contribution is -0.384. The number of rotatable bonds is 5. The molecule has 2 aromatic carbocycles. The van der Waals surface area contributed by atoms with Crippen LogP contribution in [0.5, 0.6) is 0 Å². The van der Waals surface area contributed by atoms with Crippen LogP contribution in [0.4, 0.5) is 5.69 Å². The number of hydrogen-bond acceptors (Lipinski definition) is 4. The molecule has 8 nitrogen and oxygen atoms in total. The van der Waals surface area contributed by atoms with Crippen molar-refractivity contribution in [2.75, 3.05) is 0 Å². The van der Waals surface area contributed by atoms with Crippen LogP contribution in [-0.2, 0) is 13.1 Å². The zero-order valence-electron chi connectivity index (χ0n) is 12.0. The summed E-state index contributed by atoms with van der Waals surface area (Å²) >= 11 is 0. The zero-order chi connectivity index (χ0) is 16.2. The molecular formula is C15H12N6O2. The zero-order valence-corrected chi connectivity index (χ0v) is 12.0. The lowest BCUT2D eigenvalue weighted by Crippen LogP contribution is -2.04. The van der Waals surface area contributed by atoms with Gasteiger partial charge in [0.25, 0.3) is 5.69 Å². The average molecular weight is 308 g/mol. The lowest BCUT2D eigenvalue weighted by Gasteiger charge is -2.08. The largest absolute Gasteiger partial charge is 0.323 e. The van der Waals surface area contributed by atoms with Gasteiger partial charge in [0.2, 0.25) is 0 Å². The Kier molecular flexibility index (Phi) is 3.90. The van der Waals surface area contributed by atoms with Crippen molar-refractivity contribution in [1.29, 1.82) is 0 Å². The molecule has 8 heteroatoms. The summed E-state index contributed by atoms with van der Waals surface area (Å²) in [5, 5.41) is 14.3. The number of nitro benzene ring substituents is 1. The van der Waals surface area contributed by atoms with Gasteiger partial charge in [-0.15, -0.1) is 0 Å². The summed E-state index contributed by atoms with van der Waals surface area (Å²) in [6.45, 7) is 0.646. The molecule has 3 rings (SSSR count). The fraction of sp³-hybridized carbons (Fsp3) is 0.133. The molecule has 0 amide bonds. The van der Waals surface area contributed by atoms with Gasteiger partial charge in [0.1, 0.15) is 5.82 Å². The van der Waals surface area contributed by atoms with Crippen LogP contribution in [0.3, 0.4) is 0 Å². The van der Waals surface area contributed by atoms with Crippen LogP contribution in [0.2, 0.25) is 0 Å². The number of benzene rings is 2. The Morgan fingerprint density at radius 1 is 1.22 bits per heavy atom. The van der Waals surface area contributed by atoms with E-state index in [1.807, 2.05) is 28.8 Å². The predicted octanol–water partition coefficient (Wildman–Crippen LogP) is 3.80. The van der Waals surface area contributed by atoms with Crippen LogP contribution < -0.4 is 0 Å². The number of non-ortho nitro benzene ring substituents is 1. The van der Waals surface area contributed by atoms with E-state index in [9.17, 15) is 10.1 Å². The number of aromatic nitrogens is 2. The third-order valence-corrected chi connectivity index (χ3v) is 3.50. The lowest BCUT2D eigenvalue weighted by atomic mass is 10.2. The molecule has 0 fully saturated rings. The predicted molar refractivity (Wildman–Crippen MR) is 84.8 cm³/mol. The summed E-state index contributed by atoms with van der Waals surface area (Å²) in [5.41, 5.74) is 11.2. The minimum atomic E-state index is -0.427. The third kappa shape index (κ3) is 2.97. The van der Waals surface area contributed by atoms with Crippen LogP contribution in [0.15, 0.2) is 53.6 Å². The van der Waals surface area contributed by atoms with Gasteiger partial charge in [0, 0.05) is 23.6 Å². The fourth-order valence-corrected chi connectivity index (χ4v) is 2.42. The first kappa shape index (κ1) is 14.6. The first-order chi connectivity index (χ1) is 11.2. The van der Waals surface area contributed by atoms with E-state index in [1.165, 1.54) is 12.1 Å². The topological polar surface area (TPSA) is 110 Å². The Morgan fingerprint density at radius 3 is 2.65 bits per heavy atom. The molecule has 1 heterocycles. The molecule has 0 unspecified atom stereocenters. The minimum absolute atomic E-state index is 0.0542. The van der Waals surface area contributed by atoms with E-state index in [2.05, 4.69) is 15.0 Å². The molecule has 3 aromatic rings. The summed E-state index contributed by atoms with van der Waals surface area (Å²) in [6, 6.07) is 14.0. The van der Waals surface area contributed by atoms with E-state index in [0.717, 1.165) is 16.6 Å². The summed E-state index contributed by atoms with van der Waals surface area (Å²) in [7, 11) is 0. The normalized spacial score (nSPS) is 10.4. The van der Waals surface area contributed by atoms with Gasteiger partial charge in [0.15, 0.2) is 0 Å². The highest BCUT2D eigenvalue weighted by Gasteiger charge is 2.11. The van der Waals surface area contributed by atoms with Crippen molar-refractivity contribution < 1.29 is 4.92 Å². The number of azide groups is 1. The number of nitrogens with zero attached hydrogens (tertiary/aromatic N) is 6. The molecule has 23 heavy (non-hydrogen) atoms. The van der Waals surface area contributed by atoms with E-state index < -0.39 is 4.92 Å². The highest BCUT2D eigenvalue weighted by molar-refractivity contribution is 5.76. The first-order valence-electron chi connectivity index (χ1n) is 6.87. The highest BCUT2D eigenvalue weighted by atomic mass is 16.6. The number of para-hydroxylation sites is 2. The maximum atomic E-state index is 10.7. The Hall–Kier alpha value is -3.38. The molecule has 1 aromatic heterocycles. The van der Waals surface area contributed by atoms with Crippen LogP contribution >= 0.6 is 0 Å². The minimum Gasteiger partial charge on any atom is -0.323 e. The first-order valence-corrected chi connectivity index (χ1v) is 6.87. The Bertz CT molecular complexity index is 909. The van der Waals surface area contributed by atoms with Gasteiger partial charge >= 0.3 is 0 Å². The van der Waals surface area contributed by atoms with Gasteiger partial charge in [-0.25, -0.2) is 4.98 Å². The SMILES string of the molecule is [N-]=[N+]=NCc1nc2ccccc2n1Cc1ccc([N+](=O)[O-])cc1. The van der Waals surface area contributed by atoms with E-state index in [-0.39, 0.29) is 12.2 Å². The van der Waals surface area contributed by atoms with E-state index in [1.54, 1.807) is 12.1 Å². The summed E-state index contributed by atoms with van der Waals surface area (Å²) in [6.07, 6.45) is 0. The van der Waals surface area contributed by atoms with Gasteiger partial charge in [-0.3, -0.25) is 10.1 Å². The summed E-state index contributed by atoms with van der Waals surface area (Å²) in [4.78, 5) is 17.6. The maximum Gasteiger partial charge on any atom is 0.269 e. The Labute approximate surface area is 130 Å². The molecule has 0 radical (unpaired) electrons. The van der Waals surface area contributed by atoms with Crippen molar-refractivity contribution in [2.24, 2.45) is 5.11 Å².